The van der Waals surface area contributed by atoms with Crippen LogP contribution in [-0.4, -0.2) is 11.1 Å². The Bertz CT molecular complexity index is 384. The number of nitrogens with one attached hydrogen (secondary N) is 1. The van der Waals surface area contributed by atoms with Gasteiger partial charge in [0.15, 0.2) is 0 Å². The Morgan fingerprint density at radius 1 is 1.27 bits per heavy atom. The Kier molecular flexibility index (Phi) is 2.77. The normalized spacial score (nSPS) is 21.3. The number of amides is 2. The van der Waals surface area contributed by atoms with Crippen LogP contribution in [0.15, 0.2) is 24.3 Å². The van der Waals surface area contributed by atoms with E-state index in [4.69, 9.17) is 0 Å². The molecule has 2 amide bonds. The van der Waals surface area contributed by atoms with E-state index in [-0.39, 0.29) is 16.4 Å². The third-order valence-electron chi connectivity index (χ3n) is 2.31. The predicted octanol–water partition coefficient (Wildman–Crippen LogP) is 2.41. The van der Waals surface area contributed by atoms with Crippen molar-refractivity contribution >= 4 is 22.9 Å². The van der Waals surface area contributed by atoms with Gasteiger partial charge in [-0.3, -0.25) is 14.9 Å². The Morgan fingerprint density at radius 3 is 2.53 bits per heavy atom. The molecule has 1 saturated heterocycles. The fourth-order valence-electron chi connectivity index (χ4n) is 1.50. The van der Waals surface area contributed by atoms with Crippen LogP contribution in [-0.2, 0) is 4.79 Å². The van der Waals surface area contributed by atoms with E-state index in [1.165, 1.54) is 17.3 Å². The first-order valence-electron chi connectivity index (χ1n) is 4.72. The highest BCUT2D eigenvalue weighted by molar-refractivity contribution is 8.13. The number of carbonyl (C=O) groups is 2. The third-order valence-corrected chi connectivity index (χ3v) is 3.35. The SMILES string of the molecule is Cc1ccc(C2CC(=O)NC(=O)S2)cc1. The molecule has 1 aromatic carbocycles. The van der Waals surface area contributed by atoms with Crippen LogP contribution >= 0.6 is 11.8 Å². The summed E-state index contributed by atoms with van der Waals surface area (Å²) in [5.74, 6) is -0.190. The molecule has 1 aliphatic heterocycles. The first kappa shape index (κ1) is 10.2. The van der Waals surface area contributed by atoms with E-state index in [1.807, 2.05) is 31.2 Å². The van der Waals surface area contributed by atoms with Crippen LogP contribution in [0.1, 0.15) is 22.8 Å². The molecule has 4 heteroatoms. The van der Waals surface area contributed by atoms with Gasteiger partial charge in [0.2, 0.25) is 5.91 Å². The van der Waals surface area contributed by atoms with Crippen molar-refractivity contribution in [2.75, 3.05) is 0 Å². The highest BCUT2D eigenvalue weighted by atomic mass is 32.2. The molecule has 0 aromatic heterocycles. The van der Waals surface area contributed by atoms with Crippen LogP contribution in [0.2, 0.25) is 0 Å². The minimum absolute atomic E-state index is 0.0353. The zero-order valence-corrected chi connectivity index (χ0v) is 9.14. The van der Waals surface area contributed by atoms with Crippen LogP contribution in [0.3, 0.4) is 0 Å². The van der Waals surface area contributed by atoms with Gasteiger partial charge in [0.25, 0.3) is 5.24 Å². The highest BCUT2D eigenvalue weighted by Gasteiger charge is 2.26. The van der Waals surface area contributed by atoms with E-state index < -0.39 is 0 Å². The number of hydrogen-bond acceptors (Lipinski definition) is 3. The van der Waals surface area contributed by atoms with Gasteiger partial charge in [-0.25, -0.2) is 0 Å². The fraction of sp³-hybridized carbons (Fsp3) is 0.273. The van der Waals surface area contributed by atoms with Crippen LogP contribution in [0.4, 0.5) is 4.79 Å². The minimum Gasteiger partial charge on any atom is -0.287 e. The summed E-state index contributed by atoms with van der Waals surface area (Å²) >= 11 is 1.18. The summed E-state index contributed by atoms with van der Waals surface area (Å²) in [5.41, 5.74) is 2.21. The lowest BCUT2D eigenvalue weighted by Crippen LogP contribution is -2.33. The molecule has 1 N–H and O–H groups in total. The van der Waals surface area contributed by atoms with Crippen molar-refractivity contribution in [1.29, 1.82) is 0 Å². The summed E-state index contributed by atoms with van der Waals surface area (Å²) in [6.07, 6.45) is 0.374. The Hall–Kier alpha value is -1.29. The first-order chi connectivity index (χ1) is 7.15. The molecule has 1 atom stereocenters. The summed E-state index contributed by atoms with van der Waals surface area (Å²) in [4.78, 5) is 22.3. The number of rotatable bonds is 1. The van der Waals surface area contributed by atoms with Crippen LogP contribution < -0.4 is 5.32 Å². The molecular weight excluding hydrogens is 210 g/mol. The van der Waals surface area contributed by atoms with E-state index in [0.717, 1.165) is 5.56 Å². The van der Waals surface area contributed by atoms with Crippen molar-refractivity contribution in [3.05, 3.63) is 35.4 Å². The molecule has 1 aromatic rings. The lowest BCUT2D eigenvalue weighted by molar-refractivity contribution is -0.120. The van der Waals surface area contributed by atoms with Crippen LogP contribution in [0, 0.1) is 6.92 Å². The maximum Gasteiger partial charge on any atom is 0.286 e. The number of imide groups is 1. The van der Waals surface area contributed by atoms with E-state index in [1.54, 1.807) is 0 Å². The van der Waals surface area contributed by atoms with E-state index in [2.05, 4.69) is 5.32 Å². The average molecular weight is 221 g/mol. The summed E-state index contributed by atoms with van der Waals surface area (Å²) in [6, 6.07) is 7.93. The molecule has 0 saturated carbocycles. The molecule has 0 radical (unpaired) electrons. The molecule has 3 nitrogen and oxygen atoms in total. The first-order valence-corrected chi connectivity index (χ1v) is 5.60. The van der Waals surface area contributed by atoms with Gasteiger partial charge in [-0.15, -0.1) is 0 Å². The molecule has 0 spiro atoms. The molecule has 1 aliphatic rings. The molecule has 2 rings (SSSR count). The number of thioether (sulfide) groups is 1. The zero-order valence-electron chi connectivity index (χ0n) is 8.32. The maximum absolute atomic E-state index is 11.2. The topological polar surface area (TPSA) is 46.2 Å². The molecule has 78 valence electrons. The second-order valence-corrected chi connectivity index (χ2v) is 4.73. The quantitative estimate of drug-likeness (QED) is 0.792. The smallest absolute Gasteiger partial charge is 0.286 e. The van der Waals surface area contributed by atoms with Gasteiger partial charge in [-0.2, -0.15) is 0 Å². The molecular formula is C11H11NO2S. The second kappa shape index (κ2) is 4.06. The number of hydrogen-bond donors (Lipinski definition) is 1. The highest BCUT2D eigenvalue weighted by Crippen LogP contribution is 2.35. The van der Waals surface area contributed by atoms with Gasteiger partial charge in [-0.05, 0) is 12.5 Å². The van der Waals surface area contributed by atoms with Crippen LogP contribution in [0.25, 0.3) is 0 Å². The largest absolute Gasteiger partial charge is 0.287 e. The molecule has 1 heterocycles. The Balaban J connectivity index is 2.19. The summed E-state index contributed by atoms with van der Waals surface area (Å²) in [7, 11) is 0. The monoisotopic (exact) mass is 221 g/mol. The summed E-state index contributed by atoms with van der Waals surface area (Å²) in [6.45, 7) is 2.01. The zero-order chi connectivity index (χ0) is 10.8. The second-order valence-electron chi connectivity index (χ2n) is 3.56. The van der Waals surface area contributed by atoms with Gasteiger partial charge in [0, 0.05) is 11.7 Å². The molecule has 0 aliphatic carbocycles. The van der Waals surface area contributed by atoms with Crippen molar-refractivity contribution in [2.45, 2.75) is 18.6 Å². The molecule has 0 bridgehead atoms. The van der Waals surface area contributed by atoms with E-state index >= 15 is 0 Å². The van der Waals surface area contributed by atoms with Crippen molar-refractivity contribution in [3.63, 3.8) is 0 Å². The lowest BCUT2D eigenvalue weighted by Gasteiger charge is -2.20. The predicted molar refractivity (Wildman–Crippen MR) is 59.7 cm³/mol. The van der Waals surface area contributed by atoms with Gasteiger partial charge in [0.05, 0.1) is 0 Å². The van der Waals surface area contributed by atoms with E-state index in [9.17, 15) is 9.59 Å². The Morgan fingerprint density at radius 2 is 1.93 bits per heavy atom. The van der Waals surface area contributed by atoms with Crippen molar-refractivity contribution in [1.82, 2.24) is 5.32 Å². The Labute approximate surface area is 92.2 Å². The number of benzene rings is 1. The van der Waals surface area contributed by atoms with Gasteiger partial charge >= 0.3 is 0 Å². The lowest BCUT2D eigenvalue weighted by atomic mass is 10.1. The molecule has 1 fully saturated rings. The van der Waals surface area contributed by atoms with Crippen molar-refractivity contribution in [3.8, 4) is 0 Å². The maximum atomic E-state index is 11.2. The molecule has 1 unspecified atom stereocenters. The van der Waals surface area contributed by atoms with Crippen molar-refractivity contribution in [2.24, 2.45) is 0 Å². The average Bonchev–Trinajstić information content (AvgIpc) is 2.17. The third kappa shape index (κ3) is 2.39. The van der Waals surface area contributed by atoms with Gasteiger partial charge in [0.1, 0.15) is 0 Å². The van der Waals surface area contributed by atoms with Gasteiger partial charge in [-0.1, -0.05) is 41.6 Å². The summed E-state index contributed by atoms with van der Waals surface area (Å²) < 4.78 is 0. The van der Waals surface area contributed by atoms with Crippen molar-refractivity contribution < 1.29 is 9.59 Å². The number of carbonyl (C=O) groups excluding carboxylic acids is 2. The van der Waals surface area contributed by atoms with Gasteiger partial charge < -0.3 is 0 Å². The number of aryl methyl sites for hydroxylation is 1. The molecule has 15 heavy (non-hydrogen) atoms. The summed E-state index contributed by atoms with van der Waals surface area (Å²) in [5, 5.41) is 1.99. The van der Waals surface area contributed by atoms with Crippen LogP contribution in [0.5, 0.6) is 0 Å². The minimum atomic E-state index is -0.253. The fourth-order valence-corrected chi connectivity index (χ4v) is 2.46. The standard InChI is InChI=1S/C11H11NO2S/c1-7-2-4-8(5-3-7)9-6-10(13)12-11(14)15-9/h2-5,9H,6H2,1H3,(H,12,13,14). The van der Waals surface area contributed by atoms with E-state index in [0.29, 0.717) is 6.42 Å².